The molecule has 0 aliphatic rings. The maximum atomic E-state index is 12.5. The predicted octanol–water partition coefficient (Wildman–Crippen LogP) is 3.46. The Morgan fingerprint density at radius 2 is 1.91 bits per heavy atom. The van der Waals surface area contributed by atoms with E-state index in [2.05, 4.69) is 4.98 Å². The standard InChI is InChI=1S/C18H16N2O3/c21-17(8-3-9-18(22)23)15-12-20(13-5-4-10-19-11-13)16-7-2-1-6-14(15)16/h1-2,4-7,10-12H,3,8-9H2,(H,22,23). The lowest BCUT2D eigenvalue weighted by Gasteiger charge is -2.03. The van der Waals surface area contributed by atoms with Crippen molar-refractivity contribution in [3.8, 4) is 5.69 Å². The van der Waals surface area contributed by atoms with Crippen LogP contribution in [0.25, 0.3) is 16.6 Å². The highest BCUT2D eigenvalue weighted by molar-refractivity contribution is 6.08. The summed E-state index contributed by atoms with van der Waals surface area (Å²) in [6, 6.07) is 11.5. The van der Waals surface area contributed by atoms with E-state index in [1.54, 1.807) is 12.4 Å². The van der Waals surface area contributed by atoms with Gasteiger partial charge in [0, 0.05) is 36.2 Å². The maximum Gasteiger partial charge on any atom is 0.303 e. The van der Waals surface area contributed by atoms with Gasteiger partial charge in [0.2, 0.25) is 0 Å². The number of fused-ring (bicyclic) bond motifs is 1. The Hall–Kier alpha value is -2.95. The molecule has 0 aliphatic carbocycles. The van der Waals surface area contributed by atoms with Crippen LogP contribution >= 0.6 is 0 Å². The summed E-state index contributed by atoms with van der Waals surface area (Å²) in [5, 5.41) is 9.57. The average Bonchev–Trinajstić information content (AvgIpc) is 2.95. The first kappa shape index (κ1) is 15.0. The van der Waals surface area contributed by atoms with Gasteiger partial charge in [0.1, 0.15) is 0 Å². The number of pyridine rings is 1. The molecule has 0 atom stereocenters. The SMILES string of the molecule is O=C(O)CCCC(=O)c1cn(-c2cccnc2)c2ccccc12. The molecule has 2 heterocycles. The summed E-state index contributed by atoms with van der Waals surface area (Å²) in [6.07, 6.45) is 5.84. The molecule has 5 nitrogen and oxygen atoms in total. The number of aromatic nitrogens is 2. The van der Waals surface area contributed by atoms with Gasteiger partial charge in [0.05, 0.1) is 17.4 Å². The average molecular weight is 308 g/mol. The number of carbonyl (C=O) groups excluding carboxylic acids is 1. The molecule has 0 amide bonds. The summed E-state index contributed by atoms with van der Waals surface area (Å²) in [5.41, 5.74) is 2.44. The zero-order valence-corrected chi connectivity index (χ0v) is 12.5. The third-order valence-electron chi connectivity index (χ3n) is 3.73. The van der Waals surface area contributed by atoms with Crippen molar-refractivity contribution < 1.29 is 14.7 Å². The predicted molar refractivity (Wildman–Crippen MR) is 86.9 cm³/mol. The lowest BCUT2D eigenvalue weighted by Crippen LogP contribution is -2.01. The van der Waals surface area contributed by atoms with E-state index < -0.39 is 5.97 Å². The molecule has 116 valence electrons. The molecule has 5 heteroatoms. The summed E-state index contributed by atoms with van der Waals surface area (Å²) in [5.74, 6) is -0.916. The fourth-order valence-electron chi connectivity index (χ4n) is 2.65. The minimum atomic E-state index is -0.879. The molecular formula is C18H16N2O3. The van der Waals surface area contributed by atoms with Crippen LogP contribution in [-0.2, 0) is 4.79 Å². The van der Waals surface area contributed by atoms with E-state index in [1.807, 2.05) is 47.2 Å². The van der Waals surface area contributed by atoms with Crippen LogP contribution in [0.3, 0.4) is 0 Å². The van der Waals surface area contributed by atoms with Gasteiger partial charge in [0.15, 0.2) is 5.78 Å². The zero-order chi connectivity index (χ0) is 16.2. The van der Waals surface area contributed by atoms with E-state index in [-0.39, 0.29) is 18.6 Å². The largest absolute Gasteiger partial charge is 0.481 e. The van der Waals surface area contributed by atoms with Gasteiger partial charge in [0.25, 0.3) is 0 Å². The molecule has 23 heavy (non-hydrogen) atoms. The number of nitrogens with zero attached hydrogens (tertiary/aromatic N) is 2. The van der Waals surface area contributed by atoms with Crippen LogP contribution in [0.5, 0.6) is 0 Å². The van der Waals surface area contributed by atoms with E-state index in [0.29, 0.717) is 12.0 Å². The summed E-state index contributed by atoms with van der Waals surface area (Å²) >= 11 is 0. The fraction of sp³-hybridized carbons (Fsp3) is 0.167. The minimum Gasteiger partial charge on any atom is -0.481 e. The van der Waals surface area contributed by atoms with Crippen LogP contribution < -0.4 is 0 Å². The topological polar surface area (TPSA) is 72.2 Å². The maximum absolute atomic E-state index is 12.5. The lowest BCUT2D eigenvalue weighted by molar-refractivity contribution is -0.137. The van der Waals surface area contributed by atoms with Crippen molar-refractivity contribution in [3.63, 3.8) is 0 Å². The van der Waals surface area contributed by atoms with Crippen LogP contribution in [0.4, 0.5) is 0 Å². The summed E-state index contributed by atoms with van der Waals surface area (Å²) < 4.78 is 1.94. The van der Waals surface area contributed by atoms with E-state index >= 15 is 0 Å². The van der Waals surface area contributed by atoms with Crippen molar-refractivity contribution in [1.82, 2.24) is 9.55 Å². The number of carbonyl (C=O) groups is 2. The van der Waals surface area contributed by atoms with Crippen molar-refractivity contribution in [3.05, 3.63) is 60.6 Å². The number of para-hydroxylation sites is 1. The second-order valence-electron chi connectivity index (χ2n) is 5.31. The highest BCUT2D eigenvalue weighted by Gasteiger charge is 2.15. The number of Topliss-reactive ketones (excluding diaryl/α,β-unsaturated/α-hetero) is 1. The molecule has 0 bridgehead atoms. The Labute approximate surface area is 133 Å². The zero-order valence-electron chi connectivity index (χ0n) is 12.5. The molecular weight excluding hydrogens is 292 g/mol. The number of hydrogen-bond acceptors (Lipinski definition) is 3. The number of benzene rings is 1. The van der Waals surface area contributed by atoms with Crippen molar-refractivity contribution in [2.45, 2.75) is 19.3 Å². The molecule has 0 aliphatic heterocycles. The molecule has 0 spiro atoms. The Kier molecular flexibility index (Phi) is 4.19. The van der Waals surface area contributed by atoms with Gasteiger partial charge >= 0.3 is 5.97 Å². The first-order valence-corrected chi connectivity index (χ1v) is 7.42. The minimum absolute atomic E-state index is 0.00693. The van der Waals surface area contributed by atoms with Gasteiger partial charge in [-0.2, -0.15) is 0 Å². The monoisotopic (exact) mass is 308 g/mol. The molecule has 1 aromatic carbocycles. The first-order chi connectivity index (χ1) is 11.2. The third-order valence-corrected chi connectivity index (χ3v) is 3.73. The van der Waals surface area contributed by atoms with Crippen LogP contribution in [0.2, 0.25) is 0 Å². The van der Waals surface area contributed by atoms with Crippen LogP contribution in [0.1, 0.15) is 29.6 Å². The van der Waals surface area contributed by atoms with Crippen molar-refractivity contribution in [2.75, 3.05) is 0 Å². The van der Waals surface area contributed by atoms with Crippen LogP contribution in [0.15, 0.2) is 55.0 Å². The van der Waals surface area contributed by atoms with E-state index in [0.717, 1.165) is 16.6 Å². The van der Waals surface area contributed by atoms with E-state index in [9.17, 15) is 9.59 Å². The molecule has 0 unspecified atom stereocenters. The molecule has 0 fully saturated rings. The summed E-state index contributed by atoms with van der Waals surface area (Å²) in [6.45, 7) is 0. The number of rotatable bonds is 6. The van der Waals surface area contributed by atoms with Crippen molar-refractivity contribution in [2.24, 2.45) is 0 Å². The highest BCUT2D eigenvalue weighted by atomic mass is 16.4. The lowest BCUT2D eigenvalue weighted by atomic mass is 10.0. The molecule has 2 aromatic heterocycles. The first-order valence-electron chi connectivity index (χ1n) is 7.42. The Bertz CT molecular complexity index is 853. The second kappa shape index (κ2) is 6.44. The van der Waals surface area contributed by atoms with E-state index in [4.69, 9.17) is 5.11 Å². The summed E-state index contributed by atoms with van der Waals surface area (Å²) in [7, 11) is 0. The number of aliphatic carboxylic acids is 1. The van der Waals surface area contributed by atoms with Gasteiger partial charge in [-0.3, -0.25) is 14.6 Å². The van der Waals surface area contributed by atoms with Gasteiger partial charge in [-0.05, 0) is 24.6 Å². The van der Waals surface area contributed by atoms with Crippen LogP contribution in [-0.4, -0.2) is 26.4 Å². The second-order valence-corrected chi connectivity index (χ2v) is 5.31. The van der Waals surface area contributed by atoms with Gasteiger partial charge < -0.3 is 9.67 Å². The molecule has 0 radical (unpaired) electrons. The summed E-state index contributed by atoms with van der Waals surface area (Å²) in [4.78, 5) is 27.2. The Morgan fingerprint density at radius 1 is 1.09 bits per heavy atom. The number of ketones is 1. The number of carboxylic acids is 1. The van der Waals surface area contributed by atoms with E-state index in [1.165, 1.54) is 0 Å². The normalized spacial score (nSPS) is 10.8. The molecule has 0 saturated heterocycles. The quantitative estimate of drug-likeness (QED) is 0.708. The molecule has 3 aromatic rings. The smallest absolute Gasteiger partial charge is 0.303 e. The van der Waals surface area contributed by atoms with Crippen LogP contribution in [0, 0.1) is 0 Å². The van der Waals surface area contributed by atoms with Crippen molar-refractivity contribution in [1.29, 1.82) is 0 Å². The Balaban J connectivity index is 1.98. The molecule has 0 saturated carbocycles. The van der Waals surface area contributed by atoms with Gasteiger partial charge in [-0.15, -0.1) is 0 Å². The third kappa shape index (κ3) is 3.13. The Morgan fingerprint density at radius 3 is 2.65 bits per heavy atom. The fourth-order valence-corrected chi connectivity index (χ4v) is 2.65. The molecule has 3 rings (SSSR count). The van der Waals surface area contributed by atoms with Gasteiger partial charge in [-0.25, -0.2) is 0 Å². The highest BCUT2D eigenvalue weighted by Crippen LogP contribution is 2.26. The molecule has 1 N–H and O–H groups in total. The number of hydrogen-bond donors (Lipinski definition) is 1. The van der Waals surface area contributed by atoms with Crippen molar-refractivity contribution >= 4 is 22.7 Å². The number of carboxylic acid groups (broad SMARTS) is 1. The van der Waals surface area contributed by atoms with Gasteiger partial charge in [-0.1, -0.05) is 18.2 Å².